The van der Waals surface area contributed by atoms with Crippen LogP contribution in [0, 0.1) is 0 Å². The summed E-state index contributed by atoms with van der Waals surface area (Å²) in [6.45, 7) is 4.74. The number of nitrogens with zero attached hydrogens (tertiary/aromatic N) is 2. The molecule has 2 heterocycles. The first-order chi connectivity index (χ1) is 11.8. The predicted octanol–water partition coefficient (Wildman–Crippen LogP) is 0.490. The van der Waals surface area contributed by atoms with Crippen LogP contribution in [0.4, 0.5) is 4.79 Å². The maximum atomic E-state index is 12.3. The first kappa shape index (κ1) is 17.4. The largest absolute Gasteiger partial charge is 0.358 e. The second-order valence-corrected chi connectivity index (χ2v) is 7.09. The molecule has 7 heteroatoms. The van der Waals surface area contributed by atoms with Crippen molar-refractivity contribution in [2.75, 3.05) is 20.1 Å². The van der Waals surface area contributed by atoms with E-state index in [0.29, 0.717) is 19.5 Å². The third-order valence-corrected chi connectivity index (χ3v) is 4.95. The van der Waals surface area contributed by atoms with Gasteiger partial charge in [-0.3, -0.25) is 19.4 Å². The molecule has 0 aliphatic carbocycles. The fourth-order valence-electron chi connectivity index (χ4n) is 3.49. The highest BCUT2D eigenvalue weighted by molar-refractivity contribution is 6.06. The van der Waals surface area contributed by atoms with Gasteiger partial charge in [-0.05, 0) is 31.4 Å². The summed E-state index contributed by atoms with van der Waals surface area (Å²) < 4.78 is 0. The molecule has 2 N–H and O–H groups in total. The van der Waals surface area contributed by atoms with Gasteiger partial charge in [-0.25, -0.2) is 4.79 Å². The summed E-state index contributed by atoms with van der Waals surface area (Å²) in [5.41, 5.74) is 1.48. The van der Waals surface area contributed by atoms with E-state index in [2.05, 4.69) is 16.7 Å². The fraction of sp³-hybridized carbons (Fsp3) is 0.500. The second kappa shape index (κ2) is 6.48. The number of carbonyl (C=O) groups is 3. The van der Waals surface area contributed by atoms with Gasteiger partial charge in [-0.1, -0.05) is 24.3 Å². The molecule has 4 amide bonds. The van der Waals surface area contributed by atoms with Gasteiger partial charge in [0, 0.05) is 26.7 Å². The Bertz CT molecular complexity index is 716. The average molecular weight is 344 g/mol. The number of rotatable bonds is 4. The number of hydrogen-bond donors (Lipinski definition) is 2. The van der Waals surface area contributed by atoms with Crippen molar-refractivity contribution in [3.8, 4) is 0 Å². The summed E-state index contributed by atoms with van der Waals surface area (Å²) in [5.74, 6) is -0.279. The summed E-state index contributed by atoms with van der Waals surface area (Å²) in [5, 5.41) is 5.39. The zero-order chi connectivity index (χ0) is 18.2. The molecule has 1 fully saturated rings. The predicted molar refractivity (Wildman–Crippen MR) is 92.7 cm³/mol. The van der Waals surface area contributed by atoms with Gasteiger partial charge >= 0.3 is 6.03 Å². The average Bonchev–Trinajstić information content (AvgIpc) is 2.79. The van der Waals surface area contributed by atoms with Crippen molar-refractivity contribution in [1.29, 1.82) is 0 Å². The van der Waals surface area contributed by atoms with Crippen molar-refractivity contribution in [2.45, 2.75) is 38.4 Å². The third-order valence-electron chi connectivity index (χ3n) is 4.95. The molecule has 0 aromatic heterocycles. The number of benzene rings is 1. The second-order valence-electron chi connectivity index (χ2n) is 7.09. The third kappa shape index (κ3) is 3.24. The number of urea groups is 1. The summed E-state index contributed by atoms with van der Waals surface area (Å²) in [4.78, 5) is 39.9. The summed E-state index contributed by atoms with van der Waals surface area (Å²) >= 11 is 0. The number of amides is 4. The lowest BCUT2D eigenvalue weighted by atomic mass is 9.93. The van der Waals surface area contributed by atoms with E-state index in [1.807, 2.05) is 23.1 Å². The highest BCUT2D eigenvalue weighted by Crippen LogP contribution is 2.24. The molecule has 0 saturated carbocycles. The molecule has 0 bridgehead atoms. The van der Waals surface area contributed by atoms with E-state index in [9.17, 15) is 14.4 Å². The van der Waals surface area contributed by atoms with Crippen molar-refractivity contribution in [3.05, 3.63) is 35.4 Å². The van der Waals surface area contributed by atoms with Crippen LogP contribution >= 0.6 is 0 Å². The molecule has 1 atom stereocenters. The number of nitrogens with one attached hydrogen (secondary N) is 2. The molecule has 134 valence electrons. The maximum Gasteiger partial charge on any atom is 0.325 e. The van der Waals surface area contributed by atoms with Crippen LogP contribution in [0.15, 0.2) is 24.3 Å². The van der Waals surface area contributed by atoms with E-state index in [4.69, 9.17) is 0 Å². The van der Waals surface area contributed by atoms with Crippen LogP contribution in [0.1, 0.15) is 25.0 Å². The number of hydrogen-bond acceptors (Lipinski definition) is 4. The molecule has 3 rings (SSSR count). The number of imide groups is 1. The summed E-state index contributed by atoms with van der Waals surface area (Å²) in [6.07, 6.45) is 0.626. The van der Waals surface area contributed by atoms with Gasteiger partial charge in [0.15, 0.2) is 0 Å². The molecule has 25 heavy (non-hydrogen) atoms. The van der Waals surface area contributed by atoms with E-state index in [-0.39, 0.29) is 30.4 Å². The topological polar surface area (TPSA) is 81.8 Å². The van der Waals surface area contributed by atoms with Crippen molar-refractivity contribution in [3.63, 3.8) is 0 Å². The molecule has 2 aliphatic rings. The van der Waals surface area contributed by atoms with Gasteiger partial charge in [0.1, 0.15) is 5.54 Å². The maximum absolute atomic E-state index is 12.3. The number of likely N-dealkylation sites (N-methyl/N-ethyl adjacent to an activating group) is 1. The smallest absolute Gasteiger partial charge is 0.325 e. The van der Waals surface area contributed by atoms with Gasteiger partial charge in [0.25, 0.3) is 5.91 Å². The minimum absolute atomic E-state index is 0.0490. The van der Waals surface area contributed by atoms with E-state index < -0.39 is 5.54 Å². The fourth-order valence-corrected chi connectivity index (χ4v) is 3.49. The van der Waals surface area contributed by atoms with Gasteiger partial charge in [0.05, 0.1) is 6.04 Å². The molecular weight excluding hydrogens is 320 g/mol. The standard InChI is InChI=1S/C18H24N4O3/c1-18(2)16(24)22(17(25)20-18)9-8-21-11-13-7-5-4-6-12(13)10-14(21)15(23)19-3/h4-7,14H,8-11H2,1-3H3,(H,19,23)(H,20,25)/t14-/m0/s1. The Labute approximate surface area is 147 Å². The first-order valence-corrected chi connectivity index (χ1v) is 8.50. The van der Waals surface area contributed by atoms with Crippen molar-refractivity contribution >= 4 is 17.8 Å². The molecule has 7 nitrogen and oxygen atoms in total. The van der Waals surface area contributed by atoms with E-state index in [1.165, 1.54) is 16.0 Å². The van der Waals surface area contributed by atoms with Crippen LogP contribution in [0.3, 0.4) is 0 Å². The Hall–Kier alpha value is -2.41. The molecular formula is C18H24N4O3. The van der Waals surface area contributed by atoms with Crippen LogP contribution in [0.2, 0.25) is 0 Å². The van der Waals surface area contributed by atoms with E-state index in [0.717, 1.165) is 0 Å². The molecule has 2 aliphatic heterocycles. The Morgan fingerprint density at radius 1 is 1.24 bits per heavy atom. The molecule has 0 spiro atoms. The Kier molecular flexibility index (Phi) is 4.51. The Morgan fingerprint density at radius 2 is 1.92 bits per heavy atom. The van der Waals surface area contributed by atoms with E-state index >= 15 is 0 Å². The van der Waals surface area contributed by atoms with Crippen LogP contribution < -0.4 is 10.6 Å². The molecule has 1 aromatic rings. The lowest BCUT2D eigenvalue weighted by Crippen LogP contribution is -2.52. The monoisotopic (exact) mass is 344 g/mol. The summed E-state index contributed by atoms with van der Waals surface area (Å²) in [6, 6.07) is 7.39. The highest BCUT2D eigenvalue weighted by Gasteiger charge is 2.44. The van der Waals surface area contributed by atoms with Gasteiger partial charge in [-0.2, -0.15) is 0 Å². The lowest BCUT2D eigenvalue weighted by molar-refractivity contribution is -0.130. The van der Waals surface area contributed by atoms with Crippen molar-refractivity contribution < 1.29 is 14.4 Å². The number of carbonyl (C=O) groups excluding carboxylic acids is 3. The quantitative estimate of drug-likeness (QED) is 0.779. The minimum atomic E-state index is -0.869. The Morgan fingerprint density at radius 3 is 2.52 bits per heavy atom. The highest BCUT2D eigenvalue weighted by atomic mass is 16.2. The zero-order valence-electron chi connectivity index (χ0n) is 14.8. The van der Waals surface area contributed by atoms with Crippen molar-refractivity contribution in [1.82, 2.24) is 20.4 Å². The van der Waals surface area contributed by atoms with Crippen LogP contribution in [-0.2, 0) is 22.6 Å². The van der Waals surface area contributed by atoms with Crippen LogP contribution in [0.25, 0.3) is 0 Å². The van der Waals surface area contributed by atoms with Crippen LogP contribution in [-0.4, -0.2) is 59.4 Å². The zero-order valence-corrected chi connectivity index (χ0v) is 14.8. The normalized spacial score (nSPS) is 22.5. The molecule has 1 saturated heterocycles. The summed E-state index contributed by atoms with van der Waals surface area (Å²) in [7, 11) is 1.63. The van der Waals surface area contributed by atoms with Crippen LogP contribution in [0.5, 0.6) is 0 Å². The van der Waals surface area contributed by atoms with E-state index in [1.54, 1.807) is 20.9 Å². The SMILES string of the molecule is CNC(=O)[C@@H]1Cc2ccccc2CN1CCN1C(=O)NC(C)(C)C1=O. The molecule has 0 unspecified atom stereocenters. The first-order valence-electron chi connectivity index (χ1n) is 8.50. The lowest BCUT2D eigenvalue weighted by Gasteiger charge is -2.36. The Balaban J connectivity index is 1.75. The molecule has 1 aromatic carbocycles. The van der Waals surface area contributed by atoms with Gasteiger partial charge in [0.2, 0.25) is 5.91 Å². The molecule has 0 radical (unpaired) electrons. The minimum Gasteiger partial charge on any atom is -0.358 e. The van der Waals surface area contributed by atoms with Gasteiger partial charge < -0.3 is 10.6 Å². The van der Waals surface area contributed by atoms with Crippen molar-refractivity contribution in [2.24, 2.45) is 0 Å². The number of fused-ring (bicyclic) bond motifs is 1. The van der Waals surface area contributed by atoms with Gasteiger partial charge in [-0.15, -0.1) is 0 Å².